The van der Waals surface area contributed by atoms with Crippen LogP contribution in [0.5, 0.6) is 5.75 Å². The fourth-order valence-corrected chi connectivity index (χ4v) is 1.70. The molecule has 3 heteroatoms. The lowest BCUT2D eigenvalue weighted by atomic mass is 10.1. The van der Waals surface area contributed by atoms with Gasteiger partial charge in [-0.3, -0.25) is 4.79 Å². The van der Waals surface area contributed by atoms with Gasteiger partial charge in [0.1, 0.15) is 5.75 Å². The molecule has 0 saturated carbocycles. The van der Waals surface area contributed by atoms with Crippen molar-refractivity contribution in [2.24, 2.45) is 0 Å². The minimum absolute atomic E-state index is 0.431. The van der Waals surface area contributed by atoms with E-state index in [1.54, 1.807) is 6.07 Å². The zero-order valence-corrected chi connectivity index (χ0v) is 8.82. The number of halogens is 1. The monoisotopic (exact) mass is 250 g/mol. The highest BCUT2D eigenvalue weighted by molar-refractivity contribution is 9.10. The summed E-state index contributed by atoms with van der Waals surface area (Å²) in [6.07, 6.45) is 0. The van der Waals surface area contributed by atoms with E-state index >= 15 is 0 Å². The van der Waals surface area contributed by atoms with Crippen molar-refractivity contribution in [3.8, 4) is 5.75 Å². The molecule has 0 spiro atoms. The van der Waals surface area contributed by atoms with Gasteiger partial charge in [-0.05, 0) is 35.0 Å². The van der Waals surface area contributed by atoms with Crippen molar-refractivity contribution in [3.05, 3.63) is 40.9 Å². The lowest BCUT2D eigenvalue weighted by Crippen LogP contribution is -1.87. The van der Waals surface area contributed by atoms with Crippen molar-refractivity contribution < 1.29 is 9.53 Å². The van der Waals surface area contributed by atoms with Gasteiger partial charge in [-0.2, -0.15) is 0 Å². The highest BCUT2D eigenvalue weighted by Crippen LogP contribution is 2.23. The number of rotatable bonds is 2. The second-order valence-electron chi connectivity index (χ2n) is 2.87. The third kappa shape index (κ3) is 1.77. The Balaban J connectivity index is 2.55. The fourth-order valence-electron chi connectivity index (χ4n) is 1.32. The van der Waals surface area contributed by atoms with Gasteiger partial charge in [0.25, 0.3) is 6.47 Å². The van der Waals surface area contributed by atoms with Crippen LogP contribution in [0.1, 0.15) is 0 Å². The standard InChI is InChI=1S/C11H7BrO2/c12-10-3-1-9-6-11(14-7-13)4-2-8(9)5-10/h1-7H. The zero-order valence-electron chi connectivity index (χ0n) is 7.24. The van der Waals surface area contributed by atoms with Crippen LogP contribution in [0.3, 0.4) is 0 Å². The van der Waals surface area contributed by atoms with E-state index in [4.69, 9.17) is 4.74 Å². The first-order chi connectivity index (χ1) is 6.79. The van der Waals surface area contributed by atoms with E-state index in [-0.39, 0.29) is 0 Å². The summed E-state index contributed by atoms with van der Waals surface area (Å²) in [7, 11) is 0. The van der Waals surface area contributed by atoms with E-state index in [0.29, 0.717) is 12.2 Å². The molecule has 0 heterocycles. The molecule has 0 bridgehead atoms. The molecule has 14 heavy (non-hydrogen) atoms. The number of fused-ring (bicyclic) bond motifs is 1. The van der Waals surface area contributed by atoms with E-state index in [0.717, 1.165) is 15.2 Å². The van der Waals surface area contributed by atoms with E-state index in [9.17, 15) is 4.79 Å². The summed E-state index contributed by atoms with van der Waals surface area (Å²) in [6.45, 7) is 0.431. The molecule has 0 aliphatic carbocycles. The van der Waals surface area contributed by atoms with Crippen LogP contribution < -0.4 is 4.74 Å². The molecule has 2 nitrogen and oxygen atoms in total. The Kier molecular flexibility index (Phi) is 2.50. The van der Waals surface area contributed by atoms with Crippen LogP contribution in [0.4, 0.5) is 0 Å². The summed E-state index contributed by atoms with van der Waals surface area (Å²) in [5.74, 6) is 0.565. The summed E-state index contributed by atoms with van der Waals surface area (Å²) in [5.41, 5.74) is 0. The molecule has 2 aromatic carbocycles. The zero-order chi connectivity index (χ0) is 9.97. The highest BCUT2D eigenvalue weighted by atomic mass is 79.9. The van der Waals surface area contributed by atoms with Crippen LogP contribution >= 0.6 is 15.9 Å². The van der Waals surface area contributed by atoms with E-state index < -0.39 is 0 Å². The first-order valence-electron chi connectivity index (χ1n) is 4.09. The number of hydrogen-bond acceptors (Lipinski definition) is 2. The number of carbonyl (C=O) groups excluding carboxylic acids is 1. The van der Waals surface area contributed by atoms with Crippen molar-refractivity contribution in [2.45, 2.75) is 0 Å². The minimum atomic E-state index is 0.431. The average Bonchev–Trinajstić information content (AvgIpc) is 2.19. The van der Waals surface area contributed by atoms with Crippen molar-refractivity contribution in [1.82, 2.24) is 0 Å². The molecular formula is C11H7BrO2. The van der Waals surface area contributed by atoms with Crippen molar-refractivity contribution in [2.75, 3.05) is 0 Å². The quantitative estimate of drug-likeness (QED) is 0.766. The molecule has 0 N–H and O–H groups in total. The molecule has 0 aromatic heterocycles. The predicted molar refractivity (Wildman–Crippen MR) is 58.3 cm³/mol. The first kappa shape index (κ1) is 9.21. The van der Waals surface area contributed by atoms with Crippen molar-refractivity contribution in [1.29, 1.82) is 0 Å². The number of ether oxygens (including phenoxy) is 1. The second-order valence-corrected chi connectivity index (χ2v) is 3.78. The van der Waals surface area contributed by atoms with Crippen LogP contribution in [-0.4, -0.2) is 6.47 Å². The van der Waals surface area contributed by atoms with Gasteiger partial charge >= 0.3 is 0 Å². The first-order valence-corrected chi connectivity index (χ1v) is 4.88. The molecule has 0 amide bonds. The topological polar surface area (TPSA) is 26.3 Å². The summed E-state index contributed by atoms with van der Waals surface area (Å²) >= 11 is 3.39. The van der Waals surface area contributed by atoms with Gasteiger partial charge in [-0.1, -0.05) is 28.1 Å². The summed E-state index contributed by atoms with van der Waals surface area (Å²) in [6, 6.07) is 11.4. The average molecular weight is 251 g/mol. The van der Waals surface area contributed by atoms with E-state index in [1.165, 1.54) is 0 Å². The number of hydrogen-bond donors (Lipinski definition) is 0. The Labute approximate surface area is 89.6 Å². The Morgan fingerprint density at radius 2 is 1.79 bits per heavy atom. The van der Waals surface area contributed by atoms with Crippen LogP contribution in [0.25, 0.3) is 10.8 Å². The van der Waals surface area contributed by atoms with Crippen LogP contribution in [0.15, 0.2) is 40.9 Å². The van der Waals surface area contributed by atoms with Gasteiger partial charge in [0.05, 0.1) is 0 Å². The predicted octanol–water partition coefficient (Wildman–Crippen LogP) is 3.14. The van der Waals surface area contributed by atoms with Crippen LogP contribution in [0.2, 0.25) is 0 Å². The molecular weight excluding hydrogens is 244 g/mol. The van der Waals surface area contributed by atoms with Crippen molar-refractivity contribution >= 4 is 33.2 Å². The number of carbonyl (C=O) groups is 1. The third-order valence-corrected chi connectivity index (χ3v) is 2.45. The molecule has 0 fully saturated rings. The van der Waals surface area contributed by atoms with Crippen molar-refractivity contribution in [3.63, 3.8) is 0 Å². The largest absolute Gasteiger partial charge is 0.429 e. The SMILES string of the molecule is O=COc1ccc2cc(Br)ccc2c1. The summed E-state index contributed by atoms with van der Waals surface area (Å²) in [5, 5.41) is 2.16. The van der Waals surface area contributed by atoms with Gasteiger partial charge < -0.3 is 4.74 Å². The molecule has 0 saturated heterocycles. The molecule has 2 aromatic rings. The Morgan fingerprint density at radius 1 is 1.07 bits per heavy atom. The molecule has 0 unspecified atom stereocenters. The minimum Gasteiger partial charge on any atom is -0.429 e. The Morgan fingerprint density at radius 3 is 2.57 bits per heavy atom. The fraction of sp³-hybridized carbons (Fsp3) is 0. The molecule has 0 aliphatic heterocycles. The van der Waals surface area contributed by atoms with Crippen LogP contribution in [0, 0.1) is 0 Å². The summed E-state index contributed by atoms with van der Waals surface area (Å²) < 4.78 is 5.79. The molecule has 70 valence electrons. The molecule has 0 atom stereocenters. The Bertz CT molecular complexity index is 480. The smallest absolute Gasteiger partial charge is 0.298 e. The maximum absolute atomic E-state index is 10.1. The number of benzene rings is 2. The molecule has 2 rings (SSSR count). The van der Waals surface area contributed by atoms with Crippen LogP contribution in [-0.2, 0) is 4.79 Å². The highest BCUT2D eigenvalue weighted by Gasteiger charge is 1.97. The third-order valence-electron chi connectivity index (χ3n) is 1.96. The molecule has 0 radical (unpaired) electrons. The maximum Gasteiger partial charge on any atom is 0.298 e. The van der Waals surface area contributed by atoms with E-state index in [2.05, 4.69) is 15.9 Å². The lowest BCUT2D eigenvalue weighted by Gasteiger charge is -2.01. The van der Waals surface area contributed by atoms with Gasteiger partial charge in [0.15, 0.2) is 0 Å². The normalized spacial score (nSPS) is 10.1. The van der Waals surface area contributed by atoms with Gasteiger partial charge in [0, 0.05) is 4.47 Å². The second kappa shape index (κ2) is 3.80. The van der Waals surface area contributed by atoms with E-state index in [1.807, 2.05) is 30.3 Å². The van der Waals surface area contributed by atoms with Gasteiger partial charge in [-0.15, -0.1) is 0 Å². The molecule has 0 aliphatic rings. The lowest BCUT2D eigenvalue weighted by molar-refractivity contribution is -0.120. The van der Waals surface area contributed by atoms with Gasteiger partial charge in [-0.25, -0.2) is 0 Å². The summed E-state index contributed by atoms with van der Waals surface area (Å²) in [4.78, 5) is 10.1. The van der Waals surface area contributed by atoms with Gasteiger partial charge in [0.2, 0.25) is 0 Å². The Hall–Kier alpha value is -1.35. The maximum atomic E-state index is 10.1.